The first-order chi connectivity index (χ1) is 8.30. The normalized spacial score (nSPS) is 12.3. The Bertz CT molecular complexity index is 453. The number of carbonyl (C=O) groups is 1. The van der Waals surface area contributed by atoms with Crippen LogP contribution in [-0.2, 0) is 10.2 Å². The van der Waals surface area contributed by atoms with E-state index in [1.165, 1.54) is 6.08 Å². The van der Waals surface area contributed by atoms with Crippen LogP contribution in [0.3, 0.4) is 0 Å². The molecule has 3 heteroatoms. The van der Waals surface area contributed by atoms with Gasteiger partial charge in [-0.3, -0.25) is 0 Å². The molecule has 0 atom stereocenters. The molecule has 0 fully saturated rings. The van der Waals surface area contributed by atoms with Crippen molar-refractivity contribution in [2.24, 2.45) is 0 Å². The molecule has 1 rings (SSSR count). The van der Waals surface area contributed by atoms with Crippen molar-refractivity contribution in [3.63, 3.8) is 0 Å². The van der Waals surface area contributed by atoms with Gasteiger partial charge in [-0.05, 0) is 29.5 Å². The van der Waals surface area contributed by atoms with E-state index < -0.39 is 5.97 Å². The minimum Gasteiger partial charge on any atom is -0.489 e. The average molecular weight is 248 g/mol. The fourth-order valence-corrected chi connectivity index (χ4v) is 1.66. The van der Waals surface area contributed by atoms with E-state index in [0.29, 0.717) is 12.2 Å². The van der Waals surface area contributed by atoms with Crippen LogP contribution in [0.5, 0.6) is 5.75 Å². The van der Waals surface area contributed by atoms with Gasteiger partial charge in [0, 0.05) is 6.08 Å². The van der Waals surface area contributed by atoms with Crippen LogP contribution < -0.4 is 4.74 Å². The zero-order chi connectivity index (χ0) is 13.8. The number of ether oxygens (including phenoxy) is 1. The highest BCUT2D eigenvalue weighted by molar-refractivity contribution is 5.80. The minimum atomic E-state index is -0.944. The summed E-state index contributed by atoms with van der Waals surface area (Å²) in [5.41, 5.74) is 1.81. The highest BCUT2D eigenvalue weighted by atomic mass is 16.5. The molecule has 3 nitrogen and oxygen atoms in total. The third kappa shape index (κ3) is 4.24. The van der Waals surface area contributed by atoms with Gasteiger partial charge in [-0.15, -0.1) is 0 Å². The van der Waals surface area contributed by atoms with Crippen molar-refractivity contribution in [1.29, 1.82) is 0 Å². The highest BCUT2D eigenvalue weighted by Gasteiger charge is 2.18. The maximum Gasteiger partial charge on any atom is 0.328 e. The molecule has 1 aromatic carbocycles. The molecule has 0 saturated heterocycles. The number of hydrogen-bond donors (Lipinski definition) is 1. The first-order valence-electron chi connectivity index (χ1n) is 5.93. The molecule has 1 aromatic rings. The van der Waals surface area contributed by atoms with Gasteiger partial charge in [0.25, 0.3) is 0 Å². The maximum absolute atomic E-state index is 10.5. The number of aliphatic carboxylic acids is 1. The minimum absolute atomic E-state index is 0.00100. The van der Waals surface area contributed by atoms with E-state index in [0.717, 1.165) is 11.3 Å². The van der Waals surface area contributed by atoms with E-state index in [2.05, 4.69) is 20.8 Å². The standard InChI is InChI=1S/C15H20O3/c1-11(9-14(16)17)10-18-13-8-6-5-7-12(13)15(2,3)4/h5-9H,10H2,1-4H3,(H,16,17)/b11-9+. The Balaban J connectivity index is 2.83. The number of carboxylic acid groups (broad SMARTS) is 1. The molecule has 1 N–H and O–H groups in total. The highest BCUT2D eigenvalue weighted by Crippen LogP contribution is 2.31. The molecule has 0 unspecified atom stereocenters. The summed E-state index contributed by atoms with van der Waals surface area (Å²) in [6, 6.07) is 7.84. The zero-order valence-corrected chi connectivity index (χ0v) is 11.4. The Morgan fingerprint density at radius 1 is 1.33 bits per heavy atom. The molecule has 0 aliphatic carbocycles. The molecule has 0 aliphatic rings. The maximum atomic E-state index is 10.5. The summed E-state index contributed by atoms with van der Waals surface area (Å²) in [7, 11) is 0. The number of rotatable bonds is 4. The van der Waals surface area contributed by atoms with Gasteiger partial charge in [0.05, 0.1) is 0 Å². The van der Waals surface area contributed by atoms with Gasteiger partial charge in [0.1, 0.15) is 12.4 Å². The Morgan fingerprint density at radius 2 is 1.94 bits per heavy atom. The summed E-state index contributed by atoms with van der Waals surface area (Å²) in [6.45, 7) is 8.40. The third-order valence-electron chi connectivity index (χ3n) is 2.52. The third-order valence-corrected chi connectivity index (χ3v) is 2.52. The summed E-state index contributed by atoms with van der Waals surface area (Å²) in [5.74, 6) is -0.136. The van der Waals surface area contributed by atoms with Crippen LogP contribution in [0.4, 0.5) is 0 Å². The summed E-state index contributed by atoms with van der Waals surface area (Å²) >= 11 is 0. The van der Waals surface area contributed by atoms with E-state index in [4.69, 9.17) is 9.84 Å². The second-order valence-electron chi connectivity index (χ2n) is 5.36. The fourth-order valence-electron chi connectivity index (χ4n) is 1.66. The average Bonchev–Trinajstić information content (AvgIpc) is 2.24. The lowest BCUT2D eigenvalue weighted by molar-refractivity contribution is -0.131. The molecule has 0 bridgehead atoms. The lowest BCUT2D eigenvalue weighted by Crippen LogP contribution is -2.14. The van der Waals surface area contributed by atoms with E-state index in [9.17, 15) is 4.79 Å². The van der Waals surface area contributed by atoms with Crippen molar-refractivity contribution in [1.82, 2.24) is 0 Å². The van der Waals surface area contributed by atoms with Crippen LogP contribution >= 0.6 is 0 Å². The topological polar surface area (TPSA) is 46.5 Å². The summed E-state index contributed by atoms with van der Waals surface area (Å²) in [6.07, 6.45) is 1.17. The predicted octanol–water partition coefficient (Wildman–Crippen LogP) is 3.39. The van der Waals surface area contributed by atoms with Crippen molar-refractivity contribution in [3.05, 3.63) is 41.5 Å². The predicted molar refractivity (Wildman–Crippen MR) is 72.0 cm³/mol. The van der Waals surface area contributed by atoms with Gasteiger partial charge in [0.2, 0.25) is 0 Å². The molecule has 0 saturated carbocycles. The van der Waals surface area contributed by atoms with Crippen LogP contribution in [0.1, 0.15) is 33.3 Å². The van der Waals surface area contributed by atoms with Crippen molar-refractivity contribution in [2.45, 2.75) is 33.1 Å². The van der Waals surface area contributed by atoms with Gasteiger partial charge in [-0.25, -0.2) is 4.79 Å². The Labute approximate surface area is 108 Å². The summed E-state index contributed by atoms with van der Waals surface area (Å²) in [4.78, 5) is 10.5. The van der Waals surface area contributed by atoms with Crippen LogP contribution in [0.2, 0.25) is 0 Å². The second-order valence-corrected chi connectivity index (χ2v) is 5.36. The molecule has 98 valence electrons. The van der Waals surface area contributed by atoms with Crippen LogP contribution in [0.25, 0.3) is 0 Å². The lowest BCUT2D eigenvalue weighted by Gasteiger charge is -2.22. The fraction of sp³-hybridized carbons (Fsp3) is 0.400. The largest absolute Gasteiger partial charge is 0.489 e. The molecule has 0 aliphatic heterocycles. The lowest BCUT2D eigenvalue weighted by atomic mass is 9.86. The Kier molecular flexibility index (Phi) is 4.54. The molecule has 0 radical (unpaired) electrons. The summed E-state index contributed by atoms with van der Waals surface area (Å²) in [5, 5.41) is 8.63. The first kappa shape index (κ1) is 14.3. The SMILES string of the molecule is C/C(=C\C(=O)O)COc1ccccc1C(C)(C)C. The number of para-hydroxylation sites is 1. The quantitative estimate of drug-likeness (QED) is 0.831. The number of benzene rings is 1. The second kappa shape index (κ2) is 5.71. The van der Waals surface area contributed by atoms with E-state index >= 15 is 0 Å². The molecule has 0 heterocycles. The smallest absolute Gasteiger partial charge is 0.328 e. The van der Waals surface area contributed by atoms with Crippen molar-refractivity contribution in [3.8, 4) is 5.75 Å². The van der Waals surface area contributed by atoms with Gasteiger partial charge >= 0.3 is 5.97 Å². The van der Waals surface area contributed by atoms with Crippen LogP contribution in [0, 0.1) is 0 Å². The molecule has 18 heavy (non-hydrogen) atoms. The zero-order valence-electron chi connectivity index (χ0n) is 11.4. The van der Waals surface area contributed by atoms with E-state index in [-0.39, 0.29) is 5.41 Å². The van der Waals surface area contributed by atoms with Gasteiger partial charge in [0.15, 0.2) is 0 Å². The van der Waals surface area contributed by atoms with Crippen LogP contribution in [0.15, 0.2) is 35.9 Å². The first-order valence-corrected chi connectivity index (χ1v) is 5.93. The molecule has 0 aromatic heterocycles. The van der Waals surface area contributed by atoms with Gasteiger partial charge in [-0.1, -0.05) is 39.0 Å². The van der Waals surface area contributed by atoms with Gasteiger partial charge in [-0.2, -0.15) is 0 Å². The number of carboxylic acids is 1. The molecule has 0 spiro atoms. The molecular weight excluding hydrogens is 228 g/mol. The van der Waals surface area contributed by atoms with Crippen molar-refractivity contribution >= 4 is 5.97 Å². The number of hydrogen-bond acceptors (Lipinski definition) is 2. The van der Waals surface area contributed by atoms with E-state index in [1.54, 1.807) is 6.92 Å². The Hall–Kier alpha value is -1.77. The Morgan fingerprint density at radius 3 is 2.50 bits per heavy atom. The molecular formula is C15H20O3. The van der Waals surface area contributed by atoms with Crippen molar-refractivity contribution < 1.29 is 14.6 Å². The van der Waals surface area contributed by atoms with Crippen molar-refractivity contribution in [2.75, 3.05) is 6.61 Å². The van der Waals surface area contributed by atoms with Crippen LogP contribution in [-0.4, -0.2) is 17.7 Å². The van der Waals surface area contributed by atoms with Gasteiger partial charge < -0.3 is 9.84 Å². The molecule has 0 amide bonds. The monoisotopic (exact) mass is 248 g/mol. The van der Waals surface area contributed by atoms with E-state index in [1.807, 2.05) is 24.3 Å². The summed E-state index contributed by atoms with van der Waals surface area (Å²) < 4.78 is 5.69.